The molecule has 1 aliphatic rings. The van der Waals surface area contributed by atoms with Crippen molar-refractivity contribution >= 4 is 11.9 Å². The Labute approximate surface area is 118 Å². The van der Waals surface area contributed by atoms with Crippen molar-refractivity contribution < 1.29 is 9.59 Å². The van der Waals surface area contributed by atoms with Crippen LogP contribution in [-0.2, 0) is 11.3 Å². The molecule has 0 radical (unpaired) electrons. The molecule has 1 aliphatic heterocycles. The van der Waals surface area contributed by atoms with E-state index >= 15 is 0 Å². The van der Waals surface area contributed by atoms with E-state index in [1.165, 1.54) is 0 Å². The predicted octanol–water partition coefficient (Wildman–Crippen LogP) is 0.647. The predicted molar refractivity (Wildman–Crippen MR) is 75.6 cm³/mol. The van der Waals surface area contributed by atoms with Gasteiger partial charge in [0.1, 0.15) is 0 Å². The molecule has 0 bridgehead atoms. The number of hydrazine groups is 1. The van der Waals surface area contributed by atoms with Gasteiger partial charge in [-0.1, -0.05) is 24.3 Å². The van der Waals surface area contributed by atoms with Crippen LogP contribution in [0.4, 0.5) is 4.79 Å². The normalized spacial score (nSPS) is 16.4. The highest BCUT2D eigenvalue weighted by Gasteiger charge is 2.25. The number of hydrogen-bond acceptors (Lipinski definition) is 3. The van der Waals surface area contributed by atoms with Gasteiger partial charge >= 0.3 is 6.03 Å². The van der Waals surface area contributed by atoms with Gasteiger partial charge in [0.25, 0.3) is 0 Å². The van der Waals surface area contributed by atoms with Crippen LogP contribution in [0.15, 0.2) is 24.3 Å². The standard InChI is InChI=1S/C14H20N4O2/c1-10(13(19)16-15)12-5-3-11(4-6-12)9-18-8-7-17(2)14(18)20/h3-6,10H,7-9,15H2,1-2H3,(H,16,19). The third kappa shape index (κ3) is 2.91. The van der Waals surface area contributed by atoms with Crippen molar-refractivity contribution in [3.63, 3.8) is 0 Å². The molecule has 0 saturated carbocycles. The maximum Gasteiger partial charge on any atom is 0.320 e. The Hall–Kier alpha value is -2.08. The van der Waals surface area contributed by atoms with E-state index in [1.54, 1.807) is 18.9 Å². The molecule has 20 heavy (non-hydrogen) atoms. The molecular weight excluding hydrogens is 256 g/mol. The summed E-state index contributed by atoms with van der Waals surface area (Å²) < 4.78 is 0. The highest BCUT2D eigenvalue weighted by molar-refractivity contribution is 5.82. The Kier molecular flexibility index (Phi) is 4.24. The lowest BCUT2D eigenvalue weighted by Crippen LogP contribution is -2.33. The fourth-order valence-corrected chi connectivity index (χ4v) is 2.26. The average molecular weight is 276 g/mol. The van der Waals surface area contributed by atoms with Crippen molar-refractivity contribution in [3.8, 4) is 0 Å². The number of amides is 3. The van der Waals surface area contributed by atoms with Crippen LogP contribution in [-0.4, -0.2) is 41.9 Å². The van der Waals surface area contributed by atoms with Gasteiger partial charge < -0.3 is 9.80 Å². The van der Waals surface area contributed by atoms with E-state index < -0.39 is 0 Å². The van der Waals surface area contributed by atoms with E-state index in [2.05, 4.69) is 5.43 Å². The topological polar surface area (TPSA) is 78.7 Å². The maximum atomic E-state index is 11.8. The molecule has 1 aromatic carbocycles. The molecule has 1 heterocycles. The smallest absolute Gasteiger partial charge is 0.320 e. The summed E-state index contributed by atoms with van der Waals surface area (Å²) in [6.45, 7) is 3.92. The van der Waals surface area contributed by atoms with Crippen molar-refractivity contribution in [2.45, 2.75) is 19.4 Å². The van der Waals surface area contributed by atoms with Crippen molar-refractivity contribution in [3.05, 3.63) is 35.4 Å². The van der Waals surface area contributed by atoms with E-state index in [0.717, 1.165) is 24.2 Å². The molecule has 1 atom stereocenters. The second kappa shape index (κ2) is 5.92. The van der Waals surface area contributed by atoms with Crippen LogP contribution in [0.5, 0.6) is 0 Å². The Morgan fingerprint density at radius 3 is 2.50 bits per heavy atom. The number of likely N-dealkylation sites (N-methyl/N-ethyl adjacent to an activating group) is 1. The molecule has 1 unspecified atom stereocenters. The summed E-state index contributed by atoms with van der Waals surface area (Å²) in [5.74, 6) is 4.63. The fraction of sp³-hybridized carbons (Fsp3) is 0.429. The Bertz CT molecular complexity index is 500. The van der Waals surface area contributed by atoms with Gasteiger partial charge in [-0.25, -0.2) is 10.6 Å². The summed E-state index contributed by atoms with van der Waals surface area (Å²) in [6, 6.07) is 7.76. The summed E-state index contributed by atoms with van der Waals surface area (Å²) in [6.07, 6.45) is 0. The summed E-state index contributed by atoms with van der Waals surface area (Å²) in [5, 5.41) is 0. The van der Waals surface area contributed by atoms with Crippen LogP contribution in [0, 0.1) is 0 Å². The van der Waals surface area contributed by atoms with Crippen LogP contribution >= 0.6 is 0 Å². The largest absolute Gasteiger partial charge is 0.326 e. The number of hydrogen-bond donors (Lipinski definition) is 2. The van der Waals surface area contributed by atoms with Crippen molar-refractivity contribution in [1.29, 1.82) is 0 Å². The van der Waals surface area contributed by atoms with Gasteiger partial charge in [0.15, 0.2) is 0 Å². The Balaban J connectivity index is 2.02. The van der Waals surface area contributed by atoms with Crippen LogP contribution < -0.4 is 11.3 Å². The quantitative estimate of drug-likeness (QED) is 0.481. The molecule has 1 aromatic rings. The summed E-state index contributed by atoms with van der Waals surface area (Å²) in [7, 11) is 1.80. The molecule has 0 spiro atoms. The first-order valence-electron chi connectivity index (χ1n) is 6.62. The van der Waals surface area contributed by atoms with Crippen LogP contribution in [0.3, 0.4) is 0 Å². The molecule has 1 saturated heterocycles. The minimum Gasteiger partial charge on any atom is -0.326 e. The van der Waals surface area contributed by atoms with E-state index in [1.807, 2.05) is 29.2 Å². The minimum atomic E-state index is -0.284. The Morgan fingerprint density at radius 1 is 1.35 bits per heavy atom. The van der Waals surface area contributed by atoms with Gasteiger partial charge in [0.2, 0.25) is 5.91 Å². The summed E-state index contributed by atoms with van der Waals surface area (Å²) >= 11 is 0. The second-order valence-electron chi connectivity index (χ2n) is 5.10. The van der Waals surface area contributed by atoms with Gasteiger partial charge in [0.05, 0.1) is 5.92 Å². The van der Waals surface area contributed by atoms with Crippen LogP contribution in [0.1, 0.15) is 24.0 Å². The van der Waals surface area contributed by atoms with Gasteiger partial charge in [0, 0.05) is 26.7 Å². The molecule has 1 fully saturated rings. The zero-order valence-electron chi connectivity index (χ0n) is 11.8. The molecule has 0 aromatic heterocycles. The summed E-state index contributed by atoms with van der Waals surface area (Å²) in [5.41, 5.74) is 4.11. The molecule has 0 aliphatic carbocycles. The van der Waals surface area contributed by atoms with E-state index in [-0.39, 0.29) is 17.9 Å². The first kappa shape index (κ1) is 14.3. The minimum absolute atomic E-state index is 0.0601. The molecule has 108 valence electrons. The van der Waals surface area contributed by atoms with Gasteiger partial charge in [-0.05, 0) is 18.1 Å². The summed E-state index contributed by atoms with van der Waals surface area (Å²) in [4.78, 5) is 26.8. The number of carbonyl (C=O) groups is 2. The van der Waals surface area contributed by atoms with Crippen molar-refractivity contribution in [2.24, 2.45) is 5.84 Å². The SMILES string of the molecule is CC(C(=O)NN)c1ccc(CN2CCN(C)C2=O)cc1. The molecule has 3 amide bonds. The van der Waals surface area contributed by atoms with Crippen molar-refractivity contribution in [2.75, 3.05) is 20.1 Å². The van der Waals surface area contributed by atoms with E-state index in [9.17, 15) is 9.59 Å². The van der Waals surface area contributed by atoms with Crippen LogP contribution in [0.2, 0.25) is 0 Å². The third-order valence-electron chi connectivity index (χ3n) is 3.69. The highest BCUT2D eigenvalue weighted by atomic mass is 16.2. The molecular formula is C14H20N4O2. The molecule has 2 rings (SSSR count). The first-order valence-corrected chi connectivity index (χ1v) is 6.62. The number of urea groups is 1. The van der Waals surface area contributed by atoms with Crippen LogP contribution in [0.25, 0.3) is 0 Å². The van der Waals surface area contributed by atoms with E-state index in [0.29, 0.717) is 6.54 Å². The monoisotopic (exact) mass is 276 g/mol. The number of benzene rings is 1. The van der Waals surface area contributed by atoms with Gasteiger partial charge in [-0.2, -0.15) is 0 Å². The Morgan fingerprint density at radius 2 is 2.00 bits per heavy atom. The lowest BCUT2D eigenvalue weighted by atomic mass is 9.99. The zero-order chi connectivity index (χ0) is 14.7. The third-order valence-corrected chi connectivity index (χ3v) is 3.69. The van der Waals surface area contributed by atoms with Crippen molar-refractivity contribution in [1.82, 2.24) is 15.2 Å². The molecule has 6 nitrogen and oxygen atoms in total. The molecule has 3 N–H and O–H groups in total. The lowest BCUT2D eigenvalue weighted by molar-refractivity contribution is -0.122. The fourth-order valence-electron chi connectivity index (χ4n) is 2.26. The highest BCUT2D eigenvalue weighted by Crippen LogP contribution is 2.18. The lowest BCUT2D eigenvalue weighted by Gasteiger charge is -2.16. The number of nitrogens with two attached hydrogens (primary N) is 1. The zero-order valence-corrected chi connectivity index (χ0v) is 11.8. The number of nitrogens with zero attached hydrogens (tertiary/aromatic N) is 2. The second-order valence-corrected chi connectivity index (χ2v) is 5.10. The number of nitrogens with one attached hydrogen (secondary N) is 1. The number of carbonyl (C=O) groups excluding carboxylic acids is 2. The number of rotatable bonds is 4. The average Bonchev–Trinajstić information content (AvgIpc) is 2.78. The van der Waals surface area contributed by atoms with Gasteiger partial charge in [-0.3, -0.25) is 10.2 Å². The van der Waals surface area contributed by atoms with E-state index in [4.69, 9.17) is 5.84 Å². The van der Waals surface area contributed by atoms with Gasteiger partial charge in [-0.15, -0.1) is 0 Å². The molecule has 6 heteroatoms. The first-order chi connectivity index (χ1) is 9.52. The maximum absolute atomic E-state index is 11.8.